The quantitative estimate of drug-likeness (QED) is 0.293. The van der Waals surface area contributed by atoms with Crippen LogP contribution in [0.25, 0.3) is 22.2 Å². The molecule has 4 aromatic rings. The van der Waals surface area contributed by atoms with Crippen LogP contribution < -0.4 is 10.5 Å². The van der Waals surface area contributed by atoms with Gasteiger partial charge in [-0.2, -0.15) is 0 Å². The molecule has 1 saturated carbocycles. The monoisotopic (exact) mass is 568 g/mol. The summed E-state index contributed by atoms with van der Waals surface area (Å²) in [5.41, 5.74) is 8.93. The van der Waals surface area contributed by atoms with E-state index in [0.29, 0.717) is 31.0 Å². The molecule has 2 aliphatic rings. The second-order valence-electron chi connectivity index (χ2n) is 12.3. The molecule has 9 nitrogen and oxygen atoms in total. The van der Waals surface area contributed by atoms with Gasteiger partial charge < -0.3 is 24.7 Å². The molecule has 1 aliphatic carbocycles. The molecule has 1 saturated heterocycles. The molecule has 3 heterocycles. The van der Waals surface area contributed by atoms with Crippen molar-refractivity contribution in [2.45, 2.75) is 64.1 Å². The second kappa shape index (κ2) is 11.6. The Hall–Kier alpha value is -4.11. The van der Waals surface area contributed by atoms with Gasteiger partial charge in [-0.15, -0.1) is 0 Å². The zero-order valence-electron chi connectivity index (χ0n) is 24.7. The maximum atomic E-state index is 12.5. The standard InChI is InChI=1S/C33H40N6O3/c1-33(2,3)42-32(40)38-19-17-37(18-20-38)24-11-13-25(14-12-24)39-21-28(29-30(34)35-22-36-31(29)39)23-9-15-27(16-10-23)41-26-7-5-4-6-8-26/h4-10,15-16,21-22,24-25H,11-14,17-20H2,1-3H3,(H2,34,35,36)/t24-,25-. The van der Waals surface area contributed by atoms with Crippen molar-refractivity contribution in [1.82, 2.24) is 24.3 Å². The molecule has 2 fully saturated rings. The van der Waals surface area contributed by atoms with Crippen LogP contribution in [0.15, 0.2) is 67.1 Å². The average molecular weight is 569 g/mol. The van der Waals surface area contributed by atoms with Crippen molar-refractivity contribution in [3.05, 3.63) is 67.1 Å². The third-order valence-corrected chi connectivity index (χ3v) is 8.32. The Morgan fingerprint density at radius 3 is 2.17 bits per heavy atom. The third kappa shape index (κ3) is 6.06. The molecule has 42 heavy (non-hydrogen) atoms. The van der Waals surface area contributed by atoms with Crippen LogP contribution in [-0.4, -0.2) is 68.3 Å². The summed E-state index contributed by atoms with van der Waals surface area (Å²) < 4.78 is 13.9. The molecular weight excluding hydrogens is 528 g/mol. The van der Waals surface area contributed by atoms with Crippen LogP contribution in [0, 0.1) is 0 Å². The van der Waals surface area contributed by atoms with Crippen LogP contribution in [0.5, 0.6) is 11.5 Å². The highest BCUT2D eigenvalue weighted by Gasteiger charge is 2.32. The fourth-order valence-electron chi connectivity index (χ4n) is 6.23. The number of anilines is 1. The van der Waals surface area contributed by atoms with Crippen LogP contribution in [-0.2, 0) is 4.74 Å². The maximum absolute atomic E-state index is 12.5. The van der Waals surface area contributed by atoms with Crippen LogP contribution in [0.1, 0.15) is 52.5 Å². The highest BCUT2D eigenvalue weighted by Crippen LogP contribution is 2.39. The van der Waals surface area contributed by atoms with Crippen molar-refractivity contribution in [3.8, 4) is 22.6 Å². The molecule has 1 amide bonds. The molecule has 6 rings (SSSR count). The number of nitrogen functional groups attached to an aromatic ring is 1. The molecule has 0 atom stereocenters. The first-order valence-electron chi connectivity index (χ1n) is 14.9. The zero-order chi connectivity index (χ0) is 29.3. The molecule has 0 bridgehead atoms. The van der Waals surface area contributed by atoms with E-state index < -0.39 is 5.60 Å². The number of amides is 1. The van der Waals surface area contributed by atoms with Gasteiger partial charge in [0.05, 0.1) is 5.39 Å². The van der Waals surface area contributed by atoms with E-state index in [-0.39, 0.29) is 6.09 Å². The van der Waals surface area contributed by atoms with Gasteiger partial charge in [-0.1, -0.05) is 30.3 Å². The maximum Gasteiger partial charge on any atom is 0.410 e. The molecule has 9 heteroatoms. The smallest absolute Gasteiger partial charge is 0.410 e. The minimum absolute atomic E-state index is 0.208. The van der Waals surface area contributed by atoms with Crippen LogP contribution in [0.3, 0.4) is 0 Å². The summed E-state index contributed by atoms with van der Waals surface area (Å²) in [6, 6.07) is 18.8. The fourth-order valence-corrected chi connectivity index (χ4v) is 6.23. The van der Waals surface area contributed by atoms with E-state index in [4.69, 9.17) is 15.2 Å². The van der Waals surface area contributed by atoms with Gasteiger partial charge in [0.15, 0.2) is 0 Å². The predicted octanol–water partition coefficient (Wildman–Crippen LogP) is 6.51. The van der Waals surface area contributed by atoms with Gasteiger partial charge in [0.1, 0.15) is 34.9 Å². The Labute approximate surface area is 247 Å². The minimum Gasteiger partial charge on any atom is -0.457 e. The van der Waals surface area contributed by atoms with Crippen molar-refractivity contribution in [1.29, 1.82) is 0 Å². The molecule has 2 N–H and O–H groups in total. The van der Waals surface area contributed by atoms with Crippen molar-refractivity contribution >= 4 is 22.9 Å². The number of nitrogens with zero attached hydrogens (tertiary/aromatic N) is 5. The number of carbonyl (C=O) groups is 1. The highest BCUT2D eigenvalue weighted by atomic mass is 16.6. The second-order valence-corrected chi connectivity index (χ2v) is 12.3. The SMILES string of the molecule is CC(C)(C)OC(=O)N1CCN([C@H]2CC[C@H](n3cc(-c4ccc(Oc5ccccc5)cc4)c4c(N)ncnc43)CC2)CC1. The predicted molar refractivity (Wildman–Crippen MR) is 165 cm³/mol. The fraction of sp³-hybridized carbons (Fsp3) is 0.424. The third-order valence-electron chi connectivity index (χ3n) is 8.32. The molecule has 0 spiro atoms. The summed E-state index contributed by atoms with van der Waals surface area (Å²) in [5.74, 6) is 2.08. The number of carbonyl (C=O) groups excluding carboxylic acids is 1. The molecule has 1 aliphatic heterocycles. The van der Waals surface area contributed by atoms with E-state index in [1.54, 1.807) is 6.33 Å². The lowest BCUT2D eigenvalue weighted by Gasteiger charge is -2.42. The number of ether oxygens (including phenoxy) is 2. The molecule has 220 valence electrons. The Bertz CT molecular complexity index is 1510. The Morgan fingerprint density at radius 2 is 1.50 bits per heavy atom. The van der Waals surface area contributed by atoms with Gasteiger partial charge in [0.25, 0.3) is 0 Å². The Kier molecular flexibility index (Phi) is 7.77. The van der Waals surface area contributed by atoms with E-state index in [1.807, 2.05) is 68.1 Å². The summed E-state index contributed by atoms with van der Waals surface area (Å²) in [7, 11) is 0. The number of rotatable bonds is 5. The molecule has 0 radical (unpaired) electrons. The van der Waals surface area contributed by atoms with Crippen molar-refractivity contribution in [2.75, 3.05) is 31.9 Å². The number of hydrogen-bond acceptors (Lipinski definition) is 7. The van der Waals surface area contributed by atoms with Gasteiger partial charge in [-0.05, 0) is 76.3 Å². The lowest BCUT2D eigenvalue weighted by Crippen LogP contribution is -2.53. The first-order valence-corrected chi connectivity index (χ1v) is 14.9. The normalized spacial score (nSPS) is 20.0. The Balaban J connectivity index is 1.13. The van der Waals surface area contributed by atoms with Crippen molar-refractivity contribution in [3.63, 3.8) is 0 Å². The molecular formula is C33H40N6O3. The van der Waals surface area contributed by atoms with E-state index in [1.165, 1.54) is 0 Å². The summed E-state index contributed by atoms with van der Waals surface area (Å²) >= 11 is 0. The summed E-state index contributed by atoms with van der Waals surface area (Å²) in [5, 5.41) is 0.898. The van der Waals surface area contributed by atoms with E-state index >= 15 is 0 Å². The van der Waals surface area contributed by atoms with Crippen LogP contribution >= 0.6 is 0 Å². The minimum atomic E-state index is -0.467. The van der Waals surface area contributed by atoms with E-state index in [9.17, 15) is 4.79 Å². The first-order chi connectivity index (χ1) is 20.2. The van der Waals surface area contributed by atoms with E-state index in [0.717, 1.165) is 72.4 Å². The highest BCUT2D eigenvalue weighted by molar-refractivity contribution is 6.00. The van der Waals surface area contributed by atoms with Crippen LogP contribution in [0.2, 0.25) is 0 Å². The van der Waals surface area contributed by atoms with Gasteiger partial charge in [0, 0.05) is 50.0 Å². The number of hydrogen-bond donors (Lipinski definition) is 1. The average Bonchev–Trinajstić information content (AvgIpc) is 3.38. The molecule has 2 aromatic carbocycles. The Morgan fingerprint density at radius 1 is 0.857 bits per heavy atom. The zero-order valence-corrected chi connectivity index (χ0v) is 24.7. The summed E-state index contributed by atoms with van der Waals surface area (Å²) in [4.78, 5) is 25.9. The largest absolute Gasteiger partial charge is 0.457 e. The number of para-hydroxylation sites is 1. The topological polar surface area (TPSA) is 98.7 Å². The number of fused-ring (bicyclic) bond motifs is 1. The number of aromatic nitrogens is 3. The number of benzene rings is 2. The molecule has 0 unspecified atom stereocenters. The van der Waals surface area contributed by atoms with Gasteiger partial charge in [-0.3, -0.25) is 4.90 Å². The lowest BCUT2D eigenvalue weighted by atomic mass is 9.89. The van der Waals surface area contributed by atoms with Crippen molar-refractivity contribution < 1.29 is 14.3 Å². The number of nitrogens with two attached hydrogens (primary N) is 1. The lowest BCUT2D eigenvalue weighted by molar-refractivity contribution is 0.00738. The first kappa shape index (κ1) is 28.0. The summed E-state index contributed by atoms with van der Waals surface area (Å²) in [6.07, 6.45) is 7.90. The summed E-state index contributed by atoms with van der Waals surface area (Å²) in [6.45, 7) is 8.94. The van der Waals surface area contributed by atoms with Gasteiger partial charge in [0.2, 0.25) is 0 Å². The number of piperazine rings is 1. The van der Waals surface area contributed by atoms with Gasteiger partial charge >= 0.3 is 6.09 Å². The van der Waals surface area contributed by atoms with Crippen molar-refractivity contribution in [2.24, 2.45) is 0 Å². The van der Waals surface area contributed by atoms with Crippen LogP contribution in [0.4, 0.5) is 10.6 Å². The molecule has 2 aromatic heterocycles. The van der Waals surface area contributed by atoms with E-state index in [2.05, 4.69) is 37.8 Å². The van der Waals surface area contributed by atoms with Gasteiger partial charge in [-0.25, -0.2) is 14.8 Å².